The highest BCUT2D eigenvalue weighted by Gasteiger charge is 1.92. The minimum atomic E-state index is 0.628. The number of hydrogen-bond acceptors (Lipinski definition) is 1. The third-order valence-corrected chi connectivity index (χ3v) is 3.23. The fraction of sp³-hybridized carbons (Fsp3) is 0.529. The van der Waals surface area contributed by atoms with E-state index in [4.69, 9.17) is 16.3 Å². The lowest BCUT2D eigenvalue weighted by Gasteiger charge is -2.03. The lowest BCUT2D eigenvalue weighted by molar-refractivity contribution is 0.188. The molecule has 0 saturated heterocycles. The van der Waals surface area contributed by atoms with Crippen molar-refractivity contribution >= 4 is 11.6 Å². The molecule has 0 bridgehead atoms. The van der Waals surface area contributed by atoms with E-state index in [-0.39, 0.29) is 0 Å². The van der Waals surface area contributed by atoms with Crippen molar-refractivity contribution in [3.05, 3.63) is 47.1 Å². The third-order valence-electron chi connectivity index (χ3n) is 2.81. The van der Waals surface area contributed by atoms with Gasteiger partial charge in [-0.2, -0.15) is 0 Å². The summed E-state index contributed by atoms with van der Waals surface area (Å²) in [5, 5.41) is 0. The number of halogens is 1. The van der Waals surface area contributed by atoms with Gasteiger partial charge >= 0.3 is 0 Å². The van der Waals surface area contributed by atoms with Crippen LogP contribution in [-0.4, -0.2) is 19.1 Å². The average molecular weight is 283 g/mol. The average Bonchev–Trinajstić information content (AvgIpc) is 2.41. The maximum absolute atomic E-state index is 5.73. The van der Waals surface area contributed by atoms with Gasteiger partial charge in [-0.3, -0.25) is 0 Å². The second kappa shape index (κ2) is 12.3. The summed E-state index contributed by atoms with van der Waals surface area (Å²) in [5.41, 5.74) is 3.83. The summed E-state index contributed by atoms with van der Waals surface area (Å²) in [6.07, 6.45) is 12.7. The smallest absolute Gasteiger partial charge is 0.0717 e. The van der Waals surface area contributed by atoms with Gasteiger partial charge < -0.3 is 4.74 Å². The number of rotatable bonds is 9. The second-order valence-electron chi connectivity index (χ2n) is 4.65. The molecule has 0 aliphatic heterocycles. The highest BCUT2D eigenvalue weighted by molar-refractivity contribution is 6.19. The van der Waals surface area contributed by atoms with Crippen LogP contribution in [0.1, 0.15) is 40.5 Å². The van der Waals surface area contributed by atoms with Gasteiger partial charge in [0.15, 0.2) is 0 Å². The molecule has 0 amide bonds. The molecule has 108 valence electrons. The Kier molecular flexibility index (Phi) is 11.7. The topological polar surface area (TPSA) is 9.23 Å². The first-order valence-electron chi connectivity index (χ1n) is 6.86. The largest absolute Gasteiger partial charge is 0.373 e. The van der Waals surface area contributed by atoms with Crippen LogP contribution in [0.25, 0.3) is 0 Å². The van der Waals surface area contributed by atoms with Crippen LogP contribution in [0.5, 0.6) is 0 Å². The van der Waals surface area contributed by atoms with Gasteiger partial charge in [0.25, 0.3) is 0 Å². The predicted octanol–water partition coefficient (Wildman–Crippen LogP) is 5.44. The van der Waals surface area contributed by atoms with Crippen molar-refractivity contribution in [3.63, 3.8) is 0 Å². The second-order valence-corrected chi connectivity index (χ2v) is 4.92. The van der Waals surface area contributed by atoms with E-state index in [9.17, 15) is 0 Å². The van der Waals surface area contributed by atoms with Crippen LogP contribution in [0.3, 0.4) is 0 Å². The van der Waals surface area contributed by atoms with E-state index in [0.717, 1.165) is 12.8 Å². The van der Waals surface area contributed by atoms with Crippen LogP contribution in [0.2, 0.25) is 0 Å². The van der Waals surface area contributed by atoms with Crippen molar-refractivity contribution in [1.82, 2.24) is 0 Å². The zero-order chi connectivity index (χ0) is 14.5. The minimum Gasteiger partial charge on any atom is -0.373 e. The Bertz CT molecular complexity index is 348. The molecule has 0 aromatic rings. The van der Waals surface area contributed by atoms with Crippen LogP contribution in [0, 0.1) is 0 Å². The summed E-state index contributed by atoms with van der Waals surface area (Å²) < 4.78 is 5.63. The van der Waals surface area contributed by atoms with Crippen molar-refractivity contribution in [2.24, 2.45) is 0 Å². The van der Waals surface area contributed by atoms with Gasteiger partial charge in [-0.25, -0.2) is 0 Å². The molecule has 0 rings (SSSR count). The van der Waals surface area contributed by atoms with Crippen LogP contribution >= 0.6 is 11.6 Å². The van der Waals surface area contributed by atoms with E-state index in [1.807, 2.05) is 19.9 Å². The number of allylic oxidation sites excluding steroid dienone is 5. The number of alkyl halides is 1. The lowest BCUT2D eigenvalue weighted by Crippen LogP contribution is -1.97. The van der Waals surface area contributed by atoms with Crippen LogP contribution in [0.15, 0.2) is 47.1 Å². The molecule has 0 N–H and O–H groups in total. The first-order chi connectivity index (χ1) is 9.13. The van der Waals surface area contributed by atoms with Gasteiger partial charge in [0.05, 0.1) is 13.2 Å². The maximum Gasteiger partial charge on any atom is 0.0717 e. The normalized spacial score (nSPS) is 14.5. The Balaban J connectivity index is 3.87. The Labute approximate surface area is 123 Å². The van der Waals surface area contributed by atoms with Gasteiger partial charge in [0, 0.05) is 5.88 Å². The van der Waals surface area contributed by atoms with Crippen LogP contribution in [0.4, 0.5) is 0 Å². The molecule has 19 heavy (non-hydrogen) atoms. The fourth-order valence-corrected chi connectivity index (χ4v) is 1.63. The highest BCUT2D eigenvalue weighted by Crippen LogP contribution is 2.07. The summed E-state index contributed by atoms with van der Waals surface area (Å²) in [6, 6.07) is 0. The summed E-state index contributed by atoms with van der Waals surface area (Å²) in [4.78, 5) is 0. The Morgan fingerprint density at radius 1 is 1.11 bits per heavy atom. The van der Waals surface area contributed by atoms with Crippen molar-refractivity contribution < 1.29 is 4.74 Å². The van der Waals surface area contributed by atoms with Crippen molar-refractivity contribution in [2.45, 2.75) is 40.5 Å². The van der Waals surface area contributed by atoms with E-state index < -0.39 is 0 Å². The number of ether oxygens (including phenoxy) is 1. The SMILES string of the molecule is CC=CC(=CC)COCC=C(C)CCC=C(C)CCl. The summed E-state index contributed by atoms with van der Waals surface area (Å²) >= 11 is 5.73. The molecule has 0 aromatic heterocycles. The van der Waals surface area contributed by atoms with E-state index in [1.54, 1.807) is 0 Å². The molecule has 0 fully saturated rings. The first-order valence-corrected chi connectivity index (χ1v) is 7.40. The molecule has 0 aliphatic carbocycles. The molecular formula is C17H27ClO. The van der Waals surface area contributed by atoms with E-state index in [1.165, 1.54) is 16.7 Å². The van der Waals surface area contributed by atoms with E-state index in [2.05, 4.69) is 38.2 Å². The molecule has 0 heterocycles. The van der Waals surface area contributed by atoms with Crippen LogP contribution in [-0.2, 0) is 4.74 Å². The number of hydrogen-bond donors (Lipinski definition) is 0. The van der Waals surface area contributed by atoms with E-state index in [0.29, 0.717) is 19.1 Å². The summed E-state index contributed by atoms with van der Waals surface area (Å²) in [6.45, 7) is 9.62. The predicted molar refractivity (Wildman–Crippen MR) is 86.9 cm³/mol. The molecule has 0 radical (unpaired) electrons. The summed E-state index contributed by atoms with van der Waals surface area (Å²) in [7, 11) is 0. The first kappa shape index (κ1) is 18.2. The molecule has 0 unspecified atom stereocenters. The van der Waals surface area contributed by atoms with Gasteiger partial charge in [-0.15, -0.1) is 11.6 Å². The van der Waals surface area contributed by atoms with Gasteiger partial charge in [0.2, 0.25) is 0 Å². The monoisotopic (exact) mass is 282 g/mol. The Morgan fingerprint density at radius 3 is 2.42 bits per heavy atom. The maximum atomic E-state index is 5.73. The molecule has 0 spiro atoms. The van der Waals surface area contributed by atoms with Gasteiger partial charge in [-0.1, -0.05) is 41.5 Å². The Hall–Kier alpha value is -0.790. The highest BCUT2D eigenvalue weighted by atomic mass is 35.5. The van der Waals surface area contributed by atoms with Crippen LogP contribution < -0.4 is 0 Å². The fourth-order valence-electron chi connectivity index (χ4n) is 1.52. The van der Waals surface area contributed by atoms with Crippen molar-refractivity contribution in [2.75, 3.05) is 19.1 Å². The zero-order valence-electron chi connectivity index (χ0n) is 12.7. The molecule has 1 nitrogen and oxygen atoms in total. The molecule has 2 heteroatoms. The molecule has 0 atom stereocenters. The zero-order valence-corrected chi connectivity index (χ0v) is 13.5. The van der Waals surface area contributed by atoms with Crippen molar-refractivity contribution in [3.8, 4) is 0 Å². The third kappa shape index (κ3) is 10.8. The molecule has 0 aromatic carbocycles. The Morgan fingerprint density at radius 2 is 1.84 bits per heavy atom. The quantitative estimate of drug-likeness (QED) is 0.237. The molecule has 0 saturated carbocycles. The lowest BCUT2D eigenvalue weighted by atomic mass is 10.1. The standard InChI is InChI=1S/C17H27ClO/c1-5-8-17(6-2)14-19-12-11-15(3)9-7-10-16(4)13-18/h5-6,8,10-11H,7,9,12-14H2,1-4H3. The molecular weight excluding hydrogens is 256 g/mol. The molecule has 0 aliphatic rings. The minimum absolute atomic E-state index is 0.628. The van der Waals surface area contributed by atoms with E-state index >= 15 is 0 Å². The van der Waals surface area contributed by atoms with Crippen molar-refractivity contribution in [1.29, 1.82) is 0 Å². The summed E-state index contributed by atoms with van der Waals surface area (Å²) in [5.74, 6) is 0.628. The van der Waals surface area contributed by atoms with Gasteiger partial charge in [-0.05, 0) is 46.1 Å². The van der Waals surface area contributed by atoms with Gasteiger partial charge in [0.1, 0.15) is 0 Å².